The van der Waals surface area contributed by atoms with E-state index in [-0.39, 0.29) is 17.6 Å². The third kappa shape index (κ3) is 3.94. The minimum absolute atomic E-state index is 0.234. The highest BCUT2D eigenvalue weighted by Crippen LogP contribution is 2.15. The highest BCUT2D eigenvalue weighted by atomic mass is 16.5. The Morgan fingerprint density at radius 1 is 1.37 bits per heavy atom. The van der Waals surface area contributed by atoms with Crippen LogP contribution < -0.4 is 4.90 Å². The van der Waals surface area contributed by atoms with Crippen LogP contribution in [0.5, 0.6) is 0 Å². The predicted octanol–water partition coefficient (Wildman–Crippen LogP) is 1.11. The van der Waals surface area contributed by atoms with Crippen LogP contribution in [0.2, 0.25) is 0 Å². The van der Waals surface area contributed by atoms with Crippen LogP contribution in [0.25, 0.3) is 0 Å². The van der Waals surface area contributed by atoms with Gasteiger partial charge in [0, 0.05) is 25.5 Å². The lowest BCUT2D eigenvalue weighted by Crippen LogP contribution is -2.29. The van der Waals surface area contributed by atoms with E-state index >= 15 is 0 Å². The van der Waals surface area contributed by atoms with Gasteiger partial charge in [0.2, 0.25) is 0 Å². The number of nitrogens with zero attached hydrogens (tertiary/aromatic N) is 2. The van der Waals surface area contributed by atoms with Crippen LogP contribution in [0.15, 0.2) is 18.3 Å². The van der Waals surface area contributed by atoms with Crippen LogP contribution in [0, 0.1) is 5.92 Å². The lowest BCUT2D eigenvalue weighted by molar-refractivity contribution is -0.144. The second-order valence-corrected chi connectivity index (χ2v) is 4.20. The van der Waals surface area contributed by atoms with E-state index in [1.54, 1.807) is 19.1 Å². The van der Waals surface area contributed by atoms with Crippen molar-refractivity contribution in [2.45, 2.75) is 6.92 Å². The van der Waals surface area contributed by atoms with Crippen molar-refractivity contribution in [3.8, 4) is 0 Å². The molecule has 0 aromatic carbocycles. The quantitative estimate of drug-likeness (QED) is 0.744. The molecule has 0 spiro atoms. The third-order valence-electron chi connectivity index (χ3n) is 2.73. The number of pyridine rings is 1. The Bertz CT molecular complexity index is 462. The lowest BCUT2D eigenvalue weighted by atomic mass is 10.1. The minimum atomic E-state index is -0.490. The van der Waals surface area contributed by atoms with Crippen molar-refractivity contribution in [1.29, 1.82) is 0 Å². The van der Waals surface area contributed by atoms with Gasteiger partial charge in [0.05, 0.1) is 20.1 Å². The molecule has 0 aliphatic rings. The van der Waals surface area contributed by atoms with Crippen molar-refractivity contribution >= 4 is 17.6 Å². The molecule has 6 heteroatoms. The van der Waals surface area contributed by atoms with E-state index in [0.29, 0.717) is 6.54 Å². The SMILES string of the molecule is COC(=O)c1cc(N(C)CC(C)C(=O)OC)ccn1. The number of rotatable bonds is 5. The maximum atomic E-state index is 11.4. The number of hydrogen-bond acceptors (Lipinski definition) is 6. The number of ether oxygens (including phenoxy) is 2. The largest absolute Gasteiger partial charge is 0.469 e. The van der Waals surface area contributed by atoms with Crippen LogP contribution in [0.3, 0.4) is 0 Å². The molecule has 1 aromatic rings. The Kier molecular flexibility index (Phi) is 5.29. The number of aromatic nitrogens is 1. The van der Waals surface area contributed by atoms with Gasteiger partial charge in [-0.15, -0.1) is 0 Å². The average molecular weight is 266 g/mol. The Morgan fingerprint density at radius 3 is 2.63 bits per heavy atom. The highest BCUT2D eigenvalue weighted by Gasteiger charge is 2.17. The first kappa shape index (κ1) is 14.9. The average Bonchev–Trinajstić information content (AvgIpc) is 2.45. The van der Waals surface area contributed by atoms with Crippen molar-refractivity contribution in [2.24, 2.45) is 5.92 Å². The second-order valence-electron chi connectivity index (χ2n) is 4.20. The first-order valence-corrected chi connectivity index (χ1v) is 5.83. The van der Waals surface area contributed by atoms with Crippen molar-refractivity contribution in [1.82, 2.24) is 4.98 Å². The Labute approximate surface area is 112 Å². The van der Waals surface area contributed by atoms with Crippen molar-refractivity contribution in [3.63, 3.8) is 0 Å². The summed E-state index contributed by atoms with van der Waals surface area (Å²) < 4.78 is 9.29. The summed E-state index contributed by atoms with van der Waals surface area (Å²) in [4.78, 5) is 28.5. The molecule has 0 radical (unpaired) electrons. The summed E-state index contributed by atoms with van der Waals surface area (Å²) in [6.07, 6.45) is 1.53. The molecule has 0 fully saturated rings. The number of methoxy groups -OCH3 is 2. The van der Waals surface area contributed by atoms with Gasteiger partial charge in [0.1, 0.15) is 5.69 Å². The van der Waals surface area contributed by atoms with Crippen LogP contribution in [0.1, 0.15) is 17.4 Å². The Morgan fingerprint density at radius 2 is 2.05 bits per heavy atom. The van der Waals surface area contributed by atoms with Crippen molar-refractivity contribution in [3.05, 3.63) is 24.0 Å². The lowest BCUT2D eigenvalue weighted by Gasteiger charge is -2.22. The molecule has 0 amide bonds. The summed E-state index contributed by atoms with van der Waals surface area (Å²) in [5, 5.41) is 0. The van der Waals surface area contributed by atoms with Gasteiger partial charge < -0.3 is 14.4 Å². The van der Waals surface area contributed by atoms with Crippen LogP contribution >= 0.6 is 0 Å². The van der Waals surface area contributed by atoms with Gasteiger partial charge in [-0.25, -0.2) is 9.78 Å². The number of hydrogen-bond donors (Lipinski definition) is 0. The zero-order valence-corrected chi connectivity index (χ0v) is 11.5. The summed E-state index contributed by atoms with van der Waals surface area (Å²) in [6.45, 7) is 2.27. The maximum absolute atomic E-state index is 11.4. The Balaban J connectivity index is 2.79. The molecule has 0 bridgehead atoms. The van der Waals surface area contributed by atoms with E-state index in [1.807, 2.05) is 11.9 Å². The maximum Gasteiger partial charge on any atom is 0.356 e. The molecule has 1 rings (SSSR count). The van der Waals surface area contributed by atoms with Gasteiger partial charge >= 0.3 is 11.9 Å². The van der Waals surface area contributed by atoms with Gasteiger partial charge in [-0.3, -0.25) is 4.79 Å². The van der Waals surface area contributed by atoms with Gasteiger partial charge in [-0.1, -0.05) is 6.92 Å². The zero-order valence-electron chi connectivity index (χ0n) is 11.5. The first-order valence-electron chi connectivity index (χ1n) is 5.83. The van der Waals surface area contributed by atoms with Gasteiger partial charge in [-0.2, -0.15) is 0 Å². The molecule has 1 atom stereocenters. The van der Waals surface area contributed by atoms with Crippen LogP contribution in [-0.4, -0.2) is 44.7 Å². The summed E-state index contributed by atoms with van der Waals surface area (Å²) in [6, 6.07) is 3.38. The fourth-order valence-corrected chi connectivity index (χ4v) is 1.66. The van der Waals surface area contributed by atoms with Crippen LogP contribution in [-0.2, 0) is 14.3 Å². The summed E-state index contributed by atoms with van der Waals surface area (Å²) in [7, 11) is 4.50. The fourth-order valence-electron chi connectivity index (χ4n) is 1.66. The molecule has 0 aliphatic carbocycles. The highest BCUT2D eigenvalue weighted by molar-refractivity contribution is 5.88. The molecule has 1 unspecified atom stereocenters. The first-order chi connectivity index (χ1) is 8.99. The molecule has 0 saturated carbocycles. The molecule has 1 heterocycles. The summed E-state index contributed by atoms with van der Waals surface area (Å²) in [5.41, 5.74) is 1.02. The summed E-state index contributed by atoms with van der Waals surface area (Å²) in [5.74, 6) is -1.02. The second kappa shape index (κ2) is 6.72. The fraction of sp³-hybridized carbons (Fsp3) is 0.462. The van der Waals surface area contributed by atoms with Gasteiger partial charge in [-0.05, 0) is 12.1 Å². The molecule has 19 heavy (non-hydrogen) atoms. The summed E-state index contributed by atoms with van der Waals surface area (Å²) >= 11 is 0. The van der Waals surface area contributed by atoms with Gasteiger partial charge in [0.25, 0.3) is 0 Å². The van der Waals surface area contributed by atoms with Gasteiger partial charge in [0.15, 0.2) is 0 Å². The van der Waals surface area contributed by atoms with Crippen molar-refractivity contribution in [2.75, 3.05) is 32.7 Å². The minimum Gasteiger partial charge on any atom is -0.469 e. The number of carbonyl (C=O) groups is 2. The molecule has 0 saturated heterocycles. The topological polar surface area (TPSA) is 68.7 Å². The number of esters is 2. The van der Waals surface area contributed by atoms with E-state index in [1.165, 1.54) is 20.4 Å². The Hall–Kier alpha value is -2.11. The smallest absolute Gasteiger partial charge is 0.356 e. The standard InChI is InChI=1S/C13H18N2O4/c1-9(12(16)18-3)8-15(2)10-5-6-14-11(7-10)13(17)19-4/h5-7,9H,8H2,1-4H3. The normalized spacial score (nSPS) is 11.6. The molecular weight excluding hydrogens is 248 g/mol. The van der Waals surface area contributed by atoms with E-state index in [0.717, 1.165) is 5.69 Å². The van der Waals surface area contributed by atoms with E-state index in [4.69, 9.17) is 0 Å². The predicted molar refractivity (Wildman–Crippen MR) is 70.0 cm³/mol. The monoisotopic (exact) mass is 266 g/mol. The van der Waals surface area contributed by atoms with Crippen LogP contribution in [0.4, 0.5) is 5.69 Å². The number of anilines is 1. The molecule has 1 aromatic heterocycles. The molecular formula is C13H18N2O4. The molecule has 104 valence electrons. The van der Waals surface area contributed by atoms with E-state index in [9.17, 15) is 9.59 Å². The van der Waals surface area contributed by atoms with E-state index in [2.05, 4.69) is 14.5 Å². The molecule has 0 N–H and O–H groups in total. The van der Waals surface area contributed by atoms with Crippen molar-refractivity contribution < 1.29 is 19.1 Å². The molecule has 6 nitrogen and oxygen atoms in total. The molecule has 0 aliphatic heterocycles. The van der Waals surface area contributed by atoms with E-state index < -0.39 is 5.97 Å². The zero-order chi connectivity index (χ0) is 14.4. The number of carbonyl (C=O) groups excluding carboxylic acids is 2. The third-order valence-corrected chi connectivity index (χ3v) is 2.73.